The first kappa shape index (κ1) is 14.5. The Morgan fingerprint density at radius 3 is 2.70 bits per heavy atom. The summed E-state index contributed by atoms with van der Waals surface area (Å²) in [7, 11) is 0. The van der Waals surface area contributed by atoms with Gasteiger partial charge in [0.05, 0.1) is 12.4 Å². The van der Waals surface area contributed by atoms with Crippen LogP contribution in [0, 0.1) is 0 Å². The highest BCUT2D eigenvalue weighted by atomic mass is 16.5. The van der Waals surface area contributed by atoms with Gasteiger partial charge in [-0.1, -0.05) is 0 Å². The van der Waals surface area contributed by atoms with Gasteiger partial charge in [-0.2, -0.15) is 0 Å². The highest BCUT2D eigenvalue weighted by molar-refractivity contribution is 5.12. The SMILES string of the molecule is c1cc(CN2CCN3C[C@@H](Oc4cncnc4)C[C@@H]3C2)ccn1. The molecule has 6 nitrogen and oxygen atoms in total. The molecule has 0 aliphatic carbocycles. The van der Waals surface area contributed by atoms with E-state index in [2.05, 4.69) is 36.9 Å². The molecule has 0 radical (unpaired) electrons. The number of ether oxygens (including phenoxy) is 1. The number of piperazine rings is 1. The third-order valence-corrected chi connectivity index (χ3v) is 4.66. The van der Waals surface area contributed by atoms with Gasteiger partial charge in [0.1, 0.15) is 12.4 Å². The first-order valence-corrected chi connectivity index (χ1v) is 8.14. The Hall–Kier alpha value is -2.05. The lowest BCUT2D eigenvalue weighted by atomic mass is 10.1. The van der Waals surface area contributed by atoms with Crippen LogP contribution in [0.1, 0.15) is 12.0 Å². The van der Waals surface area contributed by atoms with E-state index < -0.39 is 0 Å². The van der Waals surface area contributed by atoms with Crippen molar-refractivity contribution in [1.29, 1.82) is 0 Å². The van der Waals surface area contributed by atoms with Crippen LogP contribution in [-0.4, -0.2) is 63.1 Å². The number of nitrogens with zero attached hydrogens (tertiary/aromatic N) is 5. The van der Waals surface area contributed by atoms with Crippen LogP contribution < -0.4 is 4.74 Å². The molecule has 6 heteroatoms. The first-order valence-electron chi connectivity index (χ1n) is 8.14. The molecule has 120 valence electrons. The summed E-state index contributed by atoms with van der Waals surface area (Å²) in [5.74, 6) is 0.769. The van der Waals surface area contributed by atoms with Crippen molar-refractivity contribution in [3.8, 4) is 5.75 Å². The van der Waals surface area contributed by atoms with Crippen LogP contribution >= 0.6 is 0 Å². The van der Waals surface area contributed by atoms with Gasteiger partial charge >= 0.3 is 0 Å². The molecule has 2 fully saturated rings. The van der Waals surface area contributed by atoms with Gasteiger partial charge in [-0.3, -0.25) is 14.8 Å². The Bertz CT molecular complexity index is 584. The zero-order chi connectivity index (χ0) is 15.5. The Kier molecular flexibility index (Phi) is 4.17. The van der Waals surface area contributed by atoms with Crippen molar-refractivity contribution in [2.45, 2.75) is 25.1 Å². The summed E-state index contributed by atoms with van der Waals surface area (Å²) in [6.45, 7) is 5.34. The average molecular weight is 311 g/mol. The summed E-state index contributed by atoms with van der Waals surface area (Å²) in [5.41, 5.74) is 1.33. The Labute approximate surface area is 136 Å². The minimum atomic E-state index is 0.242. The van der Waals surface area contributed by atoms with Crippen LogP contribution in [0.25, 0.3) is 0 Å². The van der Waals surface area contributed by atoms with Crippen LogP contribution in [0.15, 0.2) is 43.2 Å². The largest absolute Gasteiger partial charge is 0.486 e. The predicted molar refractivity (Wildman–Crippen MR) is 85.9 cm³/mol. The lowest BCUT2D eigenvalue weighted by Crippen LogP contribution is -2.49. The van der Waals surface area contributed by atoms with E-state index in [1.54, 1.807) is 12.4 Å². The summed E-state index contributed by atoms with van der Waals surface area (Å²) >= 11 is 0. The van der Waals surface area contributed by atoms with Crippen molar-refractivity contribution < 1.29 is 4.74 Å². The normalized spacial score (nSPS) is 25.2. The van der Waals surface area contributed by atoms with Crippen molar-refractivity contribution in [1.82, 2.24) is 24.8 Å². The number of aromatic nitrogens is 3. The Morgan fingerprint density at radius 1 is 1.04 bits per heavy atom. The monoisotopic (exact) mass is 311 g/mol. The second-order valence-corrected chi connectivity index (χ2v) is 6.29. The second kappa shape index (κ2) is 6.60. The van der Waals surface area contributed by atoms with Crippen molar-refractivity contribution in [3.63, 3.8) is 0 Å². The maximum Gasteiger partial charge on any atom is 0.156 e. The third kappa shape index (κ3) is 3.48. The van der Waals surface area contributed by atoms with Gasteiger partial charge in [-0.15, -0.1) is 0 Å². The topological polar surface area (TPSA) is 54.4 Å². The van der Waals surface area contributed by atoms with Gasteiger partial charge in [-0.25, -0.2) is 9.97 Å². The second-order valence-electron chi connectivity index (χ2n) is 6.29. The van der Waals surface area contributed by atoms with E-state index >= 15 is 0 Å². The molecular weight excluding hydrogens is 290 g/mol. The third-order valence-electron chi connectivity index (χ3n) is 4.66. The molecule has 0 bridgehead atoms. The number of pyridine rings is 1. The van der Waals surface area contributed by atoms with Crippen molar-refractivity contribution in [3.05, 3.63) is 48.8 Å². The van der Waals surface area contributed by atoms with Crippen LogP contribution in [0.4, 0.5) is 0 Å². The molecule has 4 rings (SSSR count). The molecule has 0 amide bonds. The van der Waals surface area contributed by atoms with Crippen molar-refractivity contribution in [2.75, 3.05) is 26.2 Å². The van der Waals surface area contributed by atoms with E-state index in [1.807, 2.05) is 12.4 Å². The fraction of sp³-hybridized carbons (Fsp3) is 0.471. The summed E-state index contributed by atoms with van der Waals surface area (Å²) in [6.07, 6.45) is 10.1. The smallest absolute Gasteiger partial charge is 0.156 e. The van der Waals surface area contributed by atoms with E-state index in [0.717, 1.165) is 44.9 Å². The van der Waals surface area contributed by atoms with Crippen molar-refractivity contribution in [2.24, 2.45) is 0 Å². The zero-order valence-electron chi connectivity index (χ0n) is 13.1. The quantitative estimate of drug-likeness (QED) is 0.846. The minimum absolute atomic E-state index is 0.242. The molecule has 0 saturated carbocycles. The van der Waals surface area contributed by atoms with Crippen molar-refractivity contribution >= 4 is 0 Å². The van der Waals surface area contributed by atoms with Crippen LogP contribution in [0.2, 0.25) is 0 Å². The zero-order valence-corrected chi connectivity index (χ0v) is 13.1. The maximum absolute atomic E-state index is 6.03. The highest BCUT2D eigenvalue weighted by Crippen LogP contribution is 2.25. The van der Waals surface area contributed by atoms with Crippen LogP contribution in [0.3, 0.4) is 0 Å². The van der Waals surface area contributed by atoms with Gasteiger partial charge in [0.15, 0.2) is 5.75 Å². The summed E-state index contributed by atoms with van der Waals surface area (Å²) in [4.78, 5) is 17.2. The predicted octanol–water partition coefficient (Wildman–Crippen LogP) is 1.21. The number of hydrogen-bond acceptors (Lipinski definition) is 6. The lowest BCUT2D eigenvalue weighted by molar-refractivity contribution is 0.0978. The number of hydrogen-bond donors (Lipinski definition) is 0. The fourth-order valence-electron chi connectivity index (χ4n) is 3.57. The van der Waals surface area contributed by atoms with E-state index in [-0.39, 0.29) is 6.10 Å². The van der Waals surface area contributed by atoms with Gasteiger partial charge in [-0.05, 0) is 17.7 Å². The van der Waals surface area contributed by atoms with Gasteiger partial charge in [0.25, 0.3) is 0 Å². The maximum atomic E-state index is 6.03. The van der Waals surface area contributed by atoms with E-state index in [4.69, 9.17) is 4.74 Å². The van der Waals surface area contributed by atoms with E-state index in [9.17, 15) is 0 Å². The first-order chi connectivity index (χ1) is 11.4. The van der Waals surface area contributed by atoms with Crippen LogP contribution in [-0.2, 0) is 6.54 Å². The number of rotatable bonds is 4. The molecule has 2 aliphatic heterocycles. The fourth-order valence-corrected chi connectivity index (χ4v) is 3.57. The van der Waals surface area contributed by atoms with Gasteiger partial charge in [0, 0.05) is 57.6 Å². The van der Waals surface area contributed by atoms with E-state index in [0.29, 0.717) is 6.04 Å². The van der Waals surface area contributed by atoms with E-state index in [1.165, 1.54) is 11.9 Å². The molecule has 2 aliphatic rings. The lowest BCUT2D eigenvalue weighted by Gasteiger charge is -2.37. The molecule has 4 heterocycles. The molecule has 2 saturated heterocycles. The summed E-state index contributed by atoms with van der Waals surface area (Å²) in [5, 5.41) is 0. The van der Waals surface area contributed by atoms with Gasteiger partial charge in [0.2, 0.25) is 0 Å². The average Bonchev–Trinajstić information content (AvgIpc) is 2.98. The molecular formula is C17H21N5O. The molecule has 2 aromatic heterocycles. The standard InChI is InChI=1S/C17H21N5O/c1-3-18-4-2-14(1)10-21-5-6-22-12-16(7-15(22)11-21)23-17-8-19-13-20-9-17/h1-4,8-9,13,15-16H,5-7,10-12H2/t15-,16+/m1/s1. The molecule has 23 heavy (non-hydrogen) atoms. The molecule has 2 atom stereocenters. The summed E-state index contributed by atoms with van der Waals surface area (Å²) in [6, 6.07) is 4.78. The molecule has 0 aromatic carbocycles. The highest BCUT2D eigenvalue weighted by Gasteiger charge is 2.37. The Morgan fingerprint density at radius 2 is 1.87 bits per heavy atom. The molecule has 2 aromatic rings. The Balaban J connectivity index is 1.33. The number of fused-ring (bicyclic) bond motifs is 1. The molecule has 0 spiro atoms. The molecule has 0 N–H and O–H groups in total. The minimum Gasteiger partial charge on any atom is -0.486 e. The van der Waals surface area contributed by atoms with Gasteiger partial charge < -0.3 is 4.74 Å². The molecule has 0 unspecified atom stereocenters. The van der Waals surface area contributed by atoms with Crippen LogP contribution in [0.5, 0.6) is 5.75 Å². The summed E-state index contributed by atoms with van der Waals surface area (Å²) < 4.78 is 6.03.